The van der Waals surface area contributed by atoms with E-state index < -0.39 is 23.8 Å². The van der Waals surface area contributed by atoms with E-state index in [1.54, 1.807) is 0 Å². The SMILES string of the molecule is CC(C)(C)OC(=O)NCCCN[C@@H](Cc1ccc(CCCCNC(=O)OCc2ccccc2)c2c1CCCC2)C(N)=O. The van der Waals surface area contributed by atoms with Crippen molar-refractivity contribution in [1.29, 1.82) is 0 Å². The number of carbonyl (C=O) groups is 3. The van der Waals surface area contributed by atoms with Crippen LogP contribution < -0.4 is 21.7 Å². The standard InChI is InChI=1S/C33H48N4O5/c1-33(2,3)42-32(40)37-21-11-20-35-29(30(34)38)22-26-18-17-25(27-15-7-8-16-28(26)27)14-9-10-19-36-31(39)41-23-24-12-5-4-6-13-24/h4-6,12-13,17-18,29,35H,7-11,14-16,19-23H2,1-3H3,(H2,34,38)(H,36,39)(H,37,40)/t29-/m0/s1. The molecule has 2 aromatic rings. The van der Waals surface area contributed by atoms with E-state index in [2.05, 4.69) is 28.1 Å². The number of nitrogens with two attached hydrogens (primary N) is 1. The summed E-state index contributed by atoms with van der Waals surface area (Å²) in [4.78, 5) is 36.1. The number of fused-ring (bicyclic) bond motifs is 1. The van der Waals surface area contributed by atoms with Crippen LogP contribution in [0.4, 0.5) is 9.59 Å². The molecule has 0 bridgehead atoms. The largest absolute Gasteiger partial charge is 0.445 e. The lowest BCUT2D eigenvalue weighted by atomic mass is 9.82. The van der Waals surface area contributed by atoms with Crippen molar-refractivity contribution < 1.29 is 23.9 Å². The molecule has 230 valence electrons. The third kappa shape index (κ3) is 11.7. The van der Waals surface area contributed by atoms with E-state index >= 15 is 0 Å². The van der Waals surface area contributed by atoms with Crippen LogP contribution in [0.2, 0.25) is 0 Å². The van der Waals surface area contributed by atoms with Crippen molar-refractivity contribution in [2.45, 2.75) is 96.8 Å². The van der Waals surface area contributed by atoms with Gasteiger partial charge in [0, 0.05) is 13.1 Å². The van der Waals surface area contributed by atoms with E-state index in [9.17, 15) is 14.4 Å². The molecular weight excluding hydrogens is 532 g/mol. The molecule has 3 amide bonds. The van der Waals surface area contributed by atoms with Crippen LogP contribution in [0.15, 0.2) is 42.5 Å². The van der Waals surface area contributed by atoms with E-state index in [0.29, 0.717) is 32.5 Å². The normalized spacial score (nSPS) is 13.5. The summed E-state index contributed by atoms with van der Waals surface area (Å²) in [5.74, 6) is -0.376. The summed E-state index contributed by atoms with van der Waals surface area (Å²) < 4.78 is 10.5. The van der Waals surface area contributed by atoms with Gasteiger partial charge in [-0.3, -0.25) is 4.79 Å². The monoisotopic (exact) mass is 580 g/mol. The fourth-order valence-corrected chi connectivity index (χ4v) is 5.21. The van der Waals surface area contributed by atoms with Crippen LogP contribution in [0.25, 0.3) is 0 Å². The number of carbonyl (C=O) groups excluding carboxylic acids is 3. The third-order valence-electron chi connectivity index (χ3n) is 7.26. The van der Waals surface area contributed by atoms with E-state index in [-0.39, 0.29) is 12.5 Å². The molecule has 0 aromatic heterocycles. The first-order valence-corrected chi connectivity index (χ1v) is 15.2. The fraction of sp³-hybridized carbons (Fsp3) is 0.545. The van der Waals surface area contributed by atoms with Gasteiger partial charge in [-0.15, -0.1) is 0 Å². The maximum Gasteiger partial charge on any atom is 0.407 e. The van der Waals surface area contributed by atoms with E-state index in [0.717, 1.165) is 44.1 Å². The summed E-state index contributed by atoms with van der Waals surface area (Å²) >= 11 is 0. The molecule has 1 aliphatic rings. The number of ether oxygens (including phenoxy) is 2. The molecule has 0 aliphatic heterocycles. The van der Waals surface area contributed by atoms with Crippen LogP contribution in [0.5, 0.6) is 0 Å². The first-order chi connectivity index (χ1) is 20.1. The second-order valence-corrected chi connectivity index (χ2v) is 11.9. The van der Waals surface area contributed by atoms with Gasteiger partial charge in [-0.25, -0.2) is 9.59 Å². The first kappa shape index (κ1) is 32.9. The molecule has 0 fully saturated rings. The molecule has 1 atom stereocenters. The fourth-order valence-electron chi connectivity index (χ4n) is 5.21. The number of hydrogen-bond acceptors (Lipinski definition) is 6. The number of unbranched alkanes of at least 4 members (excludes halogenated alkanes) is 1. The lowest BCUT2D eigenvalue weighted by Crippen LogP contribution is -2.44. The zero-order valence-corrected chi connectivity index (χ0v) is 25.4. The predicted molar refractivity (Wildman–Crippen MR) is 164 cm³/mol. The molecule has 0 heterocycles. The number of benzene rings is 2. The van der Waals surface area contributed by atoms with E-state index in [1.807, 2.05) is 51.1 Å². The molecule has 2 aromatic carbocycles. The van der Waals surface area contributed by atoms with E-state index in [1.165, 1.54) is 28.7 Å². The second kappa shape index (κ2) is 16.8. The molecule has 3 rings (SSSR count). The van der Waals surface area contributed by atoms with Gasteiger partial charge in [0.15, 0.2) is 0 Å². The Morgan fingerprint density at radius 3 is 2.17 bits per heavy atom. The van der Waals surface area contributed by atoms with Gasteiger partial charge in [0.1, 0.15) is 12.2 Å². The highest BCUT2D eigenvalue weighted by Crippen LogP contribution is 2.29. The Hall–Kier alpha value is -3.59. The average Bonchev–Trinajstić information content (AvgIpc) is 2.95. The van der Waals surface area contributed by atoms with Crippen LogP contribution in [0.3, 0.4) is 0 Å². The Bertz CT molecular complexity index is 1160. The molecule has 9 nitrogen and oxygen atoms in total. The van der Waals surface area contributed by atoms with E-state index in [4.69, 9.17) is 15.2 Å². The molecule has 42 heavy (non-hydrogen) atoms. The topological polar surface area (TPSA) is 132 Å². The molecule has 0 spiro atoms. The summed E-state index contributed by atoms with van der Waals surface area (Å²) in [6, 6.07) is 13.5. The summed E-state index contributed by atoms with van der Waals surface area (Å²) in [7, 11) is 0. The van der Waals surface area contributed by atoms with Crippen LogP contribution >= 0.6 is 0 Å². The third-order valence-corrected chi connectivity index (χ3v) is 7.26. The van der Waals surface area contributed by atoms with Gasteiger partial charge in [-0.1, -0.05) is 42.5 Å². The summed E-state index contributed by atoms with van der Waals surface area (Å²) in [6.07, 6.45) is 7.52. The van der Waals surface area contributed by atoms with Gasteiger partial charge in [0.2, 0.25) is 5.91 Å². The van der Waals surface area contributed by atoms with Crippen molar-refractivity contribution in [1.82, 2.24) is 16.0 Å². The van der Waals surface area contributed by atoms with Crippen molar-refractivity contribution in [3.63, 3.8) is 0 Å². The minimum absolute atomic E-state index is 0.266. The van der Waals surface area contributed by atoms with Gasteiger partial charge in [-0.05, 0) is 113 Å². The Labute approximate surface area is 250 Å². The van der Waals surface area contributed by atoms with Crippen molar-refractivity contribution in [3.8, 4) is 0 Å². The maximum absolute atomic E-state index is 12.3. The Kier molecular flexibility index (Phi) is 13.1. The lowest BCUT2D eigenvalue weighted by molar-refractivity contribution is -0.120. The number of amides is 3. The Morgan fingerprint density at radius 1 is 0.833 bits per heavy atom. The molecule has 0 radical (unpaired) electrons. The zero-order chi connectivity index (χ0) is 30.4. The highest BCUT2D eigenvalue weighted by Gasteiger charge is 2.22. The smallest absolute Gasteiger partial charge is 0.407 e. The van der Waals surface area contributed by atoms with Crippen molar-refractivity contribution in [2.24, 2.45) is 5.73 Å². The summed E-state index contributed by atoms with van der Waals surface area (Å²) in [5, 5.41) is 8.85. The van der Waals surface area contributed by atoms with Crippen LogP contribution in [-0.4, -0.2) is 49.4 Å². The van der Waals surface area contributed by atoms with Gasteiger partial charge in [-0.2, -0.15) is 0 Å². The van der Waals surface area contributed by atoms with Crippen molar-refractivity contribution in [3.05, 3.63) is 70.3 Å². The summed E-state index contributed by atoms with van der Waals surface area (Å²) in [5.41, 5.74) is 11.5. The summed E-state index contributed by atoms with van der Waals surface area (Å²) in [6.45, 7) is 7.31. The molecule has 0 unspecified atom stereocenters. The highest BCUT2D eigenvalue weighted by molar-refractivity contribution is 5.80. The van der Waals surface area contributed by atoms with Gasteiger partial charge >= 0.3 is 12.2 Å². The van der Waals surface area contributed by atoms with Gasteiger partial charge in [0.25, 0.3) is 0 Å². The second-order valence-electron chi connectivity index (χ2n) is 11.9. The van der Waals surface area contributed by atoms with Gasteiger partial charge < -0.3 is 31.2 Å². The quantitative estimate of drug-likeness (QED) is 0.226. The maximum atomic E-state index is 12.3. The van der Waals surface area contributed by atoms with Crippen LogP contribution in [0, 0.1) is 0 Å². The van der Waals surface area contributed by atoms with Crippen molar-refractivity contribution >= 4 is 18.1 Å². The molecule has 1 aliphatic carbocycles. The lowest BCUT2D eigenvalue weighted by Gasteiger charge is -2.25. The average molecular weight is 581 g/mol. The Morgan fingerprint density at radius 2 is 1.48 bits per heavy atom. The number of hydrogen-bond donors (Lipinski definition) is 4. The Balaban J connectivity index is 1.44. The number of aryl methyl sites for hydroxylation is 1. The number of nitrogens with one attached hydrogen (secondary N) is 3. The predicted octanol–water partition coefficient (Wildman–Crippen LogP) is 4.72. The van der Waals surface area contributed by atoms with Crippen molar-refractivity contribution in [2.75, 3.05) is 19.6 Å². The molecule has 9 heteroatoms. The first-order valence-electron chi connectivity index (χ1n) is 15.2. The molecule has 0 saturated carbocycles. The van der Waals surface area contributed by atoms with Crippen LogP contribution in [0.1, 0.15) is 80.7 Å². The minimum atomic E-state index is -0.538. The minimum Gasteiger partial charge on any atom is -0.445 e. The van der Waals surface area contributed by atoms with Crippen LogP contribution in [-0.2, 0) is 46.6 Å². The zero-order valence-electron chi connectivity index (χ0n) is 25.4. The molecule has 0 saturated heterocycles. The highest BCUT2D eigenvalue weighted by atomic mass is 16.6. The van der Waals surface area contributed by atoms with Gasteiger partial charge in [0.05, 0.1) is 6.04 Å². The number of primary amides is 1. The molecular formula is C33H48N4O5. The molecule has 5 N–H and O–H groups in total. The number of rotatable bonds is 15. The number of alkyl carbamates (subject to hydrolysis) is 2.